The van der Waals surface area contributed by atoms with E-state index in [2.05, 4.69) is 86.0 Å². The van der Waals surface area contributed by atoms with Crippen molar-refractivity contribution in [2.24, 2.45) is 0 Å². The van der Waals surface area contributed by atoms with Crippen LogP contribution in [0, 0.1) is 0 Å². The van der Waals surface area contributed by atoms with Crippen LogP contribution < -0.4 is 20.0 Å². The first-order chi connectivity index (χ1) is 32.4. The zero-order valence-corrected chi connectivity index (χ0v) is 41.0. The second-order valence-electron chi connectivity index (χ2n) is 19.6. The summed E-state index contributed by atoms with van der Waals surface area (Å²) in [4.78, 5) is 5.09. The normalized spacial score (nSPS) is 17.3. The number of rotatable bonds is 28. The van der Waals surface area contributed by atoms with Crippen molar-refractivity contribution < 1.29 is 20.4 Å². The maximum Gasteiger partial charge on any atom is 0.123 e. The Morgan fingerprint density at radius 2 is 0.652 bits per heavy atom. The number of aromatic hydroxyl groups is 2. The molecule has 0 saturated heterocycles. The second kappa shape index (κ2) is 24.5. The Morgan fingerprint density at radius 1 is 0.364 bits per heavy atom. The number of anilines is 2. The predicted octanol–water partition coefficient (Wildman–Crippen LogP) is 14.5. The van der Waals surface area contributed by atoms with Gasteiger partial charge in [0.2, 0.25) is 0 Å². The van der Waals surface area contributed by atoms with Crippen LogP contribution in [-0.4, -0.2) is 48.6 Å². The molecule has 6 aromatic carbocycles. The van der Waals surface area contributed by atoms with Gasteiger partial charge in [-0.2, -0.15) is 0 Å². The lowest BCUT2D eigenvalue weighted by Gasteiger charge is -2.62. The summed E-state index contributed by atoms with van der Waals surface area (Å²) in [6, 6.07) is 28.1. The third kappa shape index (κ3) is 10.8. The zero-order chi connectivity index (χ0) is 46.4. The van der Waals surface area contributed by atoms with E-state index in [4.69, 9.17) is 0 Å². The Balaban J connectivity index is 1.33. The molecule has 0 bridgehead atoms. The molecule has 7 rings (SSSR count). The number of nitrogens with zero attached hydrogens (tertiary/aromatic N) is 2. The van der Waals surface area contributed by atoms with Crippen molar-refractivity contribution in [1.82, 2.24) is 0 Å². The Kier molecular flexibility index (Phi) is 18.3. The second-order valence-corrected chi connectivity index (χ2v) is 19.6. The fourth-order valence-electron chi connectivity index (χ4n) is 11.5. The maximum atomic E-state index is 15.4. The molecular weight excluding hydrogens is 813 g/mol. The molecule has 0 aliphatic heterocycles. The molecule has 66 heavy (non-hydrogen) atoms. The number of hydrogen-bond acceptors (Lipinski definition) is 6. The maximum absolute atomic E-state index is 15.4. The number of fused-ring (bicyclic) bond motifs is 4. The molecule has 1 aliphatic carbocycles. The molecule has 356 valence electrons. The summed E-state index contributed by atoms with van der Waals surface area (Å²) in [7, 11) is 0. The molecule has 1 fully saturated rings. The highest BCUT2D eigenvalue weighted by Crippen LogP contribution is 2.56. The van der Waals surface area contributed by atoms with Gasteiger partial charge >= 0.3 is 0 Å². The molecule has 6 heteroatoms. The topological polar surface area (TPSA) is 93.1 Å². The first-order valence-corrected chi connectivity index (χ1v) is 26.5. The first-order valence-electron chi connectivity index (χ1n) is 26.5. The first kappa shape index (κ1) is 49.4. The fraction of sp³-hybridized carbons (Fsp3) is 0.533. The zero-order valence-electron chi connectivity index (χ0n) is 41.0. The van der Waals surface area contributed by atoms with Gasteiger partial charge in [0.15, 0.2) is 0 Å². The Hall–Kier alpha value is -4.52. The number of phenols is 2. The lowest BCUT2D eigenvalue weighted by molar-refractivity contribution is -0.535. The van der Waals surface area contributed by atoms with Gasteiger partial charge in [-0.3, -0.25) is 0 Å². The lowest BCUT2D eigenvalue weighted by atomic mass is 9.60. The predicted molar refractivity (Wildman–Crippen MR) is 279 cm³/mol. The van der Waals surface area contributed by atoms with Gasteiger partial charge in [-0.25, -0.2) is 0 Å². The van der Waals surface area contributed by atoms with E-state index < -0.39 is 24.0 Å². The SMILES string of the molecule is CCCCCCCN(CCCCCCC)c1c2ccccc2c(C2C([O-])C(c3c4ccccc4c(N(CCCCCCC)CCCCCCC)c4cccc(O)c34)C2[O-])c2c(O)cccc12. The molecule has 6 nitrogen and oxygen atoms in total. The van der Waals surface area contributed by atoms with Crippen LogP contribution in [0.3, 0.4) is 0 Å². The van der Waals surface area contributed by atoms with E-state index >= 15 is 10.2 Å². The van der Waals surface area contributed by atoms with Crippen molar-refractivity contribution in [3.63, 3.8) is 0 Å². The van der Waals surface area contributed by atoms with Crippen LogP contribution >= 0.6 is 0 Å². The van der Waals surface area contributed by atoms with Gasteiger partial charge in [0, 0.05) is 58.5 Å². The van der Waals surface area contributed by atoms with E-state index in [0.717, 1.165) is 95.6 Å². The minimum Gasteiger partial charge on any atom is -0.851 e. The Morgan fingerprint density at radius 3 is 0.970 bits per heavy atom. The van der Waals surface area contributed by atoms with Gasteiger partial charge in [-0.05, 0) is 71.6 Å². The lowest BCUT2D eigenvalue weighted by Crippen LogP contribution is -2.63. The molecule has 0 amide bonds. The van der Waals surface area contributed by atoms with E-state index in [9.17, 15) is 10.2 Å². The minimum atomic E-state index is -1.29. The van der Waals surface area contributed by atoms with Gasteiger partial charge in [0.25, 0.3) is 0 Å². The van der Waals surface area contributed by atoms with Gasteiger partial charge in [-0.15, -0.1) is 12.2 Å². The highest BCUT2D eigenvalue weighted by Gasteiger charge is 2.43. The quantitative estimate of drug-likeness (QED) is 0.0376. The van der Waals surface area contributed by atoms with Crippen LogP contribution in [0.15, 0.2) is 84.9 Å². The molecule has 0 heterocycles. The molecule has 0 spiro atoms. The van der Waals surface area contributed by atoms with Crippen molar-refractivity contribution in [3.8, 4) is 11.5 Å². The van der Waals surface area contributed by atoms with Crippen LogP contribution in [0.1, 0.15) is 179 Å². The third-order valence-electron chi connectivity index (χ3n) is 14.9. The summed E-state index contributed by atoms with van der Waals surface area (Å²) < 4.78 is 0. The minimum absolute atomic E-state index is 0.116. The number of hydrogen-bond donors (Lipinski definition) is 2. The van der Waals surface area contributed by atoms with Crippen LogP contribution in [0.25, 0.3) is 43.1 Å². The monoisotopic (exact) mass is 893 g/mol. The molecule has 0 radical (unpaired) electrons. The van der Waals surface area contributed by atoms with E-state index in [1.54, 1.807) is 12.1 Å². The Bertz CT molecular complexity index is 2260. The summed E-state index contributed by atoms with van der Waals surface area (Å²) in [6.45, 7) is 12.7. The van der Waals surface area contributed by atoms with E-state index in [0.29, 0.717) is 21.9 Å². The van der Waals surface area contributed by atoms with Gasteiger partial charge in [-0.1, -0.05) is 203 Å². The average Bonchev–Trinajstić information content (AvgIpc) is 3.33. The smallest absolute Gasteiger partial charge is 0.123 e. The van der Waals surface area contributed by atoms with Crippen LogP contribution in [0.2, 0.25) is 0 Å². The number of benzene rings is 6. The molecule has 0 atom stereocenters. The van der Waals surface area contributed by atoms with Crippen molar-refractivity contribution >= 4 is 54.5 Å². The fourth-order valence-corrected chi connectivity index (χ4v) is 11.5. The molecule has 6 aromatic rings. The van der Waals surface area contributed by atoms with Gasteiger partial charge < -0.3 is 30.2 Å². The van der Waals surface area contributed by atoms with Crippen molar-refractivity contribution in [2.45, 2.75) is 180 Å². The van der Waals surface area contributed by atoms with Crippen LogP contribution in [0.5, 0.6) is 11.5 Å². The molecule has 1 aliphatic rings. The molecule has 0 unspecified atom stereocenters. The van der Waals surface area contributed by atoms with Crippen molar-refractivity contribution in [3.05, 3.63) is 96.1 Å². The standard InChI is InChI=1S/C60H80N2O4/c1-5-9-13-17-25-39-61(40-26-18-14-10-6-2)57-45-33-23-21-31-43(45)53(51-47(57)35-29-37-49(51)63)55-59(65)56(60(55)66)54-44-32-22-24-34-46(44)58(48-36-30-38-50(64)52(48)54)62(41-27-19-15-11-7-3)42-28-20-16-12-8-4/h21-24,29-38,55-56,59-60,63-64H,5-20,25-28,39-42H2,1-4H3/q-2. The van der Waals surface area contributed by atoms with E-state index in [-0.39, 0.29) is 11.5 Å². The Labute approximate surface area is 397 Å². The number of phenolic OH excluding ortho intramolecular Hbond substituents is 2. The summed E-state index contributed by atoms with van der Waals surface area (Å²) in [5.41, 5.74) is 3.56. The largest absolute Gasteiger partial charge is 0.851 e. The molecule has 2 N–H and O–H groups in total. The van der Waals surface area contributed by atoms with Crippen LogP contribution in [0.4, 0.5) is 11.4 Å². The van der Waals surface area contributed by atoms with Crippen LogP contribution in [-0.2, 0) is 0 Å². The van der Waals surface area contributed by atoms with Crippen molar-refractivity contribution in [2.75, 3.05) is 36.0 Å². The third-order valence-corrected chi connectivity index (χ3v) is 14.9. The molecule has 0 aromatic heterocycles. The highest BCUT2D eigenvalue weighted by atomic mass is 16.3. The number of unbranched alkanes of at least 4 members (excludes halogenated alkanes) is 16. The highest BCUT2D eigenvalue weighted by molar-refractivity contribution is 6.17. The summed E-state index contributed by atoms with van der Waals surface area (Å²) in [5, 5.41) is 61.7. The summed E-state index contributed by atoms with van der Waals surface area (Å²) in [6.07, 6.45) is 21.2. The van der Waals surface area contributed by atoms with E-state index in [1.165, 1.54) is 103 Å². The van der Waals surface area contributed by atoms with E-state index in [1.807, 2.05) is 24.3 Å². The average molecular weight is 893 g/mol. The summed E-state index contributed by atoms with van der Waals surface area (Å²) in [5.74, 6) is -1.54. The molecule has 1 saturated carbocycles. The molecular formula is C60H80N2O4-2. The van der Waals surface area contributed by atoms with Crippen molar-refractivity contribution in [1.29, 1.82) is 0 Å². The van der Waals surface area contributed by atoms with Gasteiger partial charge in [0.1, 0.15) is 11.5 Å². The van der Waals surface area contributed by atoms with Gasteiger partial charge in [0.05, 0.1) is 11.4 Å². The summed E-state index contributed by atoms with van der Waals surface area (Å²) >= 11 is 0.